The van der Waals surface area contributed by atoms with Crippen molar-refractivity contribution in [2.45, 2.75) is 26.7 Å². The van der Waals surface area contributed by atoms with E-state index in [-0.39, 0.29) is 24.2 Å². The highest BCUT2D eigenvalue weighted by molar-refractivity contribution is 5.73. The van der Waals surface area contributed by atoms with Crippen LogP contribution >= 0.6 is 0 Å². The van der Waals surface area contributed by atoms with Crippen LogP contribution in [-0.2, 0) is 16.0 Å². The second kappa shape index (κ2) is 5.53. The van der Waals surface area contributed by atoms with Gasteiger partial charge in [0.1, 0.15) is 0 Å². The summed E-state index contributed by atoms with van der Waals surface area (Å²) in [6.45, 7) is 3.50. The molecule has 1 aromatic heterocycles. The van der Waals surface area contributed by atoms with Crippen LogP contribution in [0.3, 0.4) is 0 Å². The fourth-order valence-corrected chi connectivity index (χ4v) is 1.41. The van der Waals surface area contributed by atoms with E-state index in [2.05, 4.69) is 4.98 Å². The minimum Gasteiger partial charge on any atom is -0.466 e. The number of nitrogens with zero attached hydrogens (tertiary/aromatic N) is 1. The average molecular weight is 229 g/mol. The minimum absolute atomic E-state index is 0.152. The van der Waals surface area contributed by atoms with Gasteiger partial charge in [0, 0.05) is 17.5 Å². The van der Waals surface area contributed by atoms with Gasteiger partial charge in [-0.1, -0.05) is 0 Å². The van der Waals surface area contributed by atoms with Crippen molar-refractivity contribution in [2.75, 3.05) is 6.61 Å². The number of pyridine rings is 1. The summed E-state index contributed by atoms with van der Waals surface area (Å²) in [5.74, 6) is -0.513. The Morgan fingerprint density at radius 2 is 2.25 bits per heavy atom. The summed E-state index contributed by atoms with van der Waals surface area (Å²) in [6.07, 6.45) is -1.45. The molecule has 0 spiro atoms. The van der Waals surface area contributed by atoms with Gasteiger partial charge >= 0.3 is 5.97 Å². The molecule has 0 bridgehead atoms. The Morgan fingerprint density at radius 3 is 2.81 bits per heavy atom. The van der Waals surface area contributed by atoms with E-state index in [1.165, 1.54) is 12.3 Å². The van der Waals surface area contributed by atoms with Crippen LogP contribution in [0, 0.1) is 6.92 Å². The van der Waals surface area contributed by atoms with Crippen molar-refractivity contribution in [2.24, 2.45) is 0 Å². The Kier molecular flexibility index (Phi) is 4.34. The number of rotatable bonds is 4. The van der Waals surface area contributed by atoms with Crippen LogP contribution in [0.25, 0.3) is 0 Å². The molecule has 0 fully saturated rings. The molecule has 0 aromatic carbocycles. The van der Waals surface area contributed by atoms with Crippen molar-refractivity contribution in [1.82, 2.24) is 4.98 Å². The maximum atomic E-state index is 12.7. The van der Waals surface area contributed by atoms with Crippen molar-refractivity contribution in [1.29, 1.82) is 0 Å². The zero-order valence-corrected chi connectivity index (χ0v) is 9.17. The average Bonchev–Trinajstić information content (AvgIpc) is 2.21. The maximum Gasteiger partial charge on any atom is 0.310 e. The highest BCUT2D eigenvalue weighted by Gasteiger charge is 2.18. The SMILES string of the molecule is CCOC(=O)Cc1c(C(F)F)ccnc1C. The lowest BCUT2D eigenvalue weighted by atomic mass is 10.0. The normalized spacial score (nSPS) is 10.6. The zero-order valence-electron chi connectivity index (χ0n) is 9.17. The molecule has 3 nitrogen and oxygen atoms in total. The predicted octanol–water partition coefficient (Wildman–Crippen LogP) is 2.43. The molecule has 0 amide bonds. The third-order valence-corrected chi connectivity index (χ3v) is 2.17. The molecule has 16 heavy (non-hydrogen) atoms. The molecular weight excluding hydrogens is 216 g/mol. The van der Waals surface area contributed by atoms with Gasteiger partial charge in [-0.3, -0.25) is 9.78 Å². The van der Waals surface area contributed by atoms with Crippen molar-refractivity contribution in [3.8, 4) is 0 Å². The summed E-state index contributed by atoms with van der Waals surface area (Å²) < 4.78 is 30.1. The second-order valence-electron chi connectivity index (χ2n) is 3.25. The van der Waals surface area contributed by atoms with E-state index in [0.29, 0.717) is 5.69 Å². The van der Waals surface area contributed by atoms with Crippen LogP contribution in [0.4, 0.5) is 8.78 Å². The Morgan fingerprint density at radius 1 is 1.56 bits per heavy atom. The number of ether oxygens (including phenoxy) is 1. The van der Waals surface area contributed by atoms with E-state index in [9.17, 15) is 13.6 Å². The van der Waals surface area contributed by atoms with Crippen molar-refractivity contribution >= 4 is 5.97 Å². The monoisotopic (exact) mass is 229 g/mol. The van der Waals surface area contributed by atoms with Gasteiger partial charge in [0.05, 0.1) is 13.0 Å². The van der Waals surface area contributed by atoms with Gasteiger partial charge in [-0.15, -0.1) is 0 Å². The molecular formula is C11H13F2NO2. The first-order valence-electron chi connectivity index (χ1n) is 4.94. The Hall–Kier alpha value is -1.52. The first-order chi connectivity index (χ1) is 7.56. The smallest absolute Gasteiger partial charge is 0.310 e. The number of carbonyl (C=O) groups is 1. The van der Waals surface area contributed by atoms with E-state index < -0.39 is 12.4 Å². The third kappa shape index (κ3) is 2.98. The van der Waals surface area contributed by atoms with E-state index in [1.54, 1.807) is 13.8 Å². The van der Waals surface area contributed by atoms with Crippen molar-refractivity contribution in [3.05, 3.63) is 29.1 Å². The molecule has 0 saturated carbocycles. The van der Waals surface area contributed by atoms with Gasteiger partial charge < -0.3 is 4.74 Å². The molecule has 0 aliphatic rings. The van der Waals surface area contributed by atoms with E-state index in [4.69, 9.17) is 4.74 Å². The molecule has 0 aliphatic heterocycles. The van der Waals surface area contributed by atoms with Gasteiger partial charge in [0.25, 0.3) is 6.43 Å². The van der Waals surface area contributed by atoms with Crippen LogP contribution in [-0.4, -0.2) is 17.6 Å². The number of aromatic nitrogens is 1. The fourth-order valence-electron chi connectivity index (χ4n) is 1.41. The van der Waals surface area contributed by atoms with E-state index >= 15 is 0 Å². The van der Waals surface area contributed by atoms with Crippen molar-refractivity contribution < 1.29 is 18.3 Å². The van der Waals surface area contributed by atoms with Crippen LogP contribution in [0.5, 0.6) is 0 Å². The molecule has 0 radical (unpaired) electrons. The number of halogens is 2. The van der Waals surface area contributed by atoms with E-state index in [1.807, 2.05) is 0 Å². The Bertz CT molecular complexity index is 380. The highest BCUT2D eigenvalue weighted by Crippen LogP contribution is 2.24. The number of hydrogen-bond acceptors (Lipinski definition) is 3. The molecule has 0 unspecified atom stereocenters. The number of aryl methyl sites for hydroxylation is 1. The molecule has 5 heteroatoms. The first kappa shape index (κ1) is 12.5. The predicted molar refractivity (Wildman–Crippen MR) is 54.3 cm³/mol. The lowest BCUT2D eigenvalue weighted by Crippen LogP contribution is -2.11. The lowest BCUT2D eigenvalue weighted by molar-refractivity contribution is -0.142. The van der Waals surface area contributed by atoms with Gasteiger partial charge in [-0.25, -0.2) is 8.78 Å². The Labute approximate surface area is 92.4 Å². The molecule has 0 atom stereocenters. The molecule has 1 aromatic rings. The van der Waals surface area contributed by atoms with Gasteiger partial charge in [-0.2, -0.15) is 0 Å². The van der Waals surface area contributed by atoms with Crippen LogP contribution < -0.4 is 0 Å². The molecule has 1 heterocycles. The standard InChI is InChI=1S/C11H13F2NO2/c1-3-16-10(15)6-9-7(2)14-5-4-8(9)11(12)13/h4-5,11H,3,6H2,1-2H3. The molecule has 0 saturated heterocycles. The summed E-state index contributed by atoms with van der Waals surface area (Å²) in [4.78, 5) is 15.1. The number of hydrogen-bond donors (Lipinski definition) is 0. The number of alkyl halides is 2. The minimum atomic E-state index is -2.61. The number of esters is 1. The quantitative estimate of drug-likeness (QED) is 0.744. The molecule has 1 rings (SSSR count). The van der Waals surface area contributed by atoms with Crippen LogP contribution in [0.1, 0.15) is 30.2 Å². The van der Waals surface area contributed by atoms with E-state index in [0.717, 1.165) is 0 Å². The fraction of sp³-hybridized carbons (Fsp3) is 0.455. The maximum absolute atomic E-state index is 12.7. The summed E-state index contributed by atoms with van der Waals surface area (Å²) in [5.41, 5.74) is 0.544. The first-order valence-corrected chi connectivity index (χ1v) is 4.94. The topological polar surface area (TPSA) is 39.2 Å². The van der Waals surface area contributed by atoms with Gasteiger partial charge in [-0.05, 0) is 25.5 Å². The lowest BCUT2D eigenvalue weighted by Gasteiger charge is -2.10. The van der Waals surface area contributed by atoms with Crippen molar-refractivity contribution in [3.63, 3.8) is 0 Å². The third-order valence-electron chi connectivity index (χ3n) is 2.17. The second-order valence-corrected chi connectivity index (χ2v) is 3.25. The zero-order chi connectivity index (χ0) is 12.1. The highest BCUT2D eigenvalue weighted by atomic mass is 19.3. The summed E-state index contributed by atoms with van der Waals surface area (Å²) in [7, 11) is 0. The van der Waals surface area contributed by atoms with Gasteiger partial charge in [0.15, 0.2) is 0 Å². The summed E-state index contributed by atoms with van der Waals surface area (Å²) in [5, 5.41) is 0. The summed E-state index contributed by atoms with van der Waals surface area (Å²) in [6, 6.07) is 1.23. The van der Waals surface area contributed by atoms with Crippen LogP contribution in [0.15, 0.2) is 12.3 Å². The van der Waals surface area contributed by atoms with Gasteiger partial charge in [0.2, 0.25) is 0 Å². The number of carbonyl (C=O) groups excluding carboxylic acids is 1. The molecule has 0 N–H and O–H groups in total. The molecule has 0 aliphatic carbocycles. The largest absolute Gasteiger partial charge is 0.466 e. The van der Waals surface area contributed by atoms with Crippen LogP contribution in [0.2, 0.25) is 0 Å². The Balaban J connectivity index is 2.97. The summed E-state index contributed by atoms with van der Waals surface area (Å²) >= 11 is 0. The molecule has 88 valence electrons.